The molecule has 1 aromatic carbocycles. The van der Waals surface area contributed by atoms with Gasteiger partial charge in [-0.25, -0.2) is 4.98 Å². The van der Waals surface area contributed by atoms with Crippen LogP contribution >= 0.6 is 0 Å². The van der Waals surface area contributed by atoms with E-state index in [1.54, 1.807) is 6.08 Å². The lowest BCUT2D eigenvalue weighted by Gasteiger charge is -2.09. The summed E-state index contributed by atoms with van der Waals surface area (Å²) in [4.78, 5) is 8.75. The summed E-state index contributed by atoms with van der Waals surface area (Å²) in [7, 11) is 0. The van der Waals surface area contributed by atoms with Gasteiger partial charge in [-0.3, -0.25) is 4.98 Å². The maximum absolute atomic E-state index is 4.45. The van der Waals surface area contributed by atoms with Crippen LogP contribution in [0, 0.1) is 0 Å². The molecule has 0 N–H and O–H groups in total. The average molecular weight is 406 g/mol. The third-order valence-electron chi connectivity index (χ3n) is 4.87. The van der Waals surface area contributed by atoms with Gasteiger partial charge in [0.1, 0.15) is 0 Å². The lowest BCUT2D eigenvalue weighted by atomic mass is 10.0. The molecule has 0 aliphatic heterocycles. The Labute approximate surface area is 183 Å². The maximum atomic E-state index is 4.45. The highest BCUT2D eigenvalue weighted by Crippen LogP contribution is 2.22. The number of aromatic nitrogens is 3. The topological polar surface area (TPSA) is 30.7 Å². The fourth-order valence-electron chi connectivity index (χ4n) is 2.98. The molecular weight excluding hydrogens is 366 g/mol. The summed E-state index contributed by atoms with van der Waals surface area (Å²) >= 11 is 0. The minimum Gasteiger partial charge on any atom is -0.328 e. The first-order valence-electron chi connectivity index (χ1n) is 11.0. The molecule has 0 bridgehead atoms. The molecule has 0 aliphatic carbocycles. The average Bonchev–Trinajstić information content (AvgIpc) is 3.18. The summed E-state index contributed by atoms with van der Waals surface area (Å²) in [5.41, 5.74) is 6.89. The van der Waals surface area contributed by atoms with Gasteiger partial charge in [-0.05, 0) is 66.6 Å². The highest BCUT2D eigenvalue weighted by atomic mass is 15.1. The van der Waals surface area contributed by atoms with Gasteiger partial charge in [0, 0.05) is 12.2 Å². The van der Waals surface area contributed by atoms with Crippen molar-refractivity contribution in [2.45, 2.75) is 73.3 Å². The molecule has 0 amide bonds. The molecule has 162 valence electrons. The summed E-state index contributed by atoms with van der Waals surface area (Å²) in [6.45, 7) is 24.5. The number of imidazole rings is 1. The normalized spacial score (nSPS) is 10.5. The van der Waals surface area contributed by atoms with E-state index in [9.17, 15) is 0 Å². The van der Waals surface area contributed by atoms with Crippen LogP contribution in [-0.2, 0) is 0 Å². The third-order valence-corrected chi connectivity index (χ3v) is 4.87. The van der Waals surface area contributed by atoms with E-state index in [0.29, 0.717) is 17.9 Å². The molecule has 30 heavy (non-hydrogen) atoms. The first-order chi connectivity index (χ1) is 14.3. The van der Waals surface area contributed by atoms with Gasteiger partial charge in [0.25, 0.3) is 0 Å². The van der Waals surface area contributed by atoms with Gasteiger partial charge in [0.15, 0.2) is 0 Å². The number of benzene rings is 1. The van der Waals surface area contributed by atoms with E-state index in [0.717, 1.165) is 16.8 Å². The number of rotatable bonds is 5. The second-order valence-electron chi connectivity index (χ2n) is 7.95. The summed E-state index contributed by atoms with van der Waals surface area (Å²) in [6.07, 6.45) is 7.39. The smallest absolute Gasteiger partial charge is 0.0960 e. The summed E-state index contributed by atoms with van der Waals surface area (Å²) in [5.74, 6) is 1.07. The molecule has 0 spiro atoms. The van der Waals surface area contributed by atoms with Gasteiger partial charge in [-0.15, -0.1) is 0 Å². The Balaban J connectivity index is 0.000000280. The highest BCUT2D eigenvalue weighted by Gasteiger charge is 2.07. The molecule has 3 aromatic rings. The van der Waals surface area contributed by atoms with E-state index in [-0.39, 0.29) is 0 Å². The van der Waals surface area contributed by atoms with Gasteiger partial charge in [0.2, 0.25) is 0 Å². The molecule has 3 nitrogen and oxygen atoms in total. The minimum absolute atomic E-state index is 0.472. The molecular formula is C27H39N3. The molecule has 3 rings (SSSR count). The van der Waals surface area contributed by atoms with Crippen LogP contribution in [0.5, 0.6) is 0 Å². The Morgan fingerprint density at radius 2 is 1.47 bits per heavy atom. The molecule has 3 heteroatoms. The van der Waals surface area contributed by atoms with E-state index in [1.165, 1.54) is 16.6 Å². The number of hydrogen-bond donors (Lipinski definition) is 0. The first-order valence-corrected chi connectivity index (χ1v) is 11.0. The lowest BCUT2D eigenvalue weighted by Crippen LogP contribution is -1.98. The van der Waals surface area contributed by atoms with Crippen LogP contribution in [0.4, 0.5) is 0 Å². The van der Waals surface area contributed by atoms with Crippen molar-refractivity contribution < 1.29 is 0 Å². The van der Waals surface area contributed by atoms with Gasteiger partial charge in [-0.2, -0.15) is 0 Å². The molecule has 0 saturated carbocycles. The lowest BCUT2D eigenvalue weighted by molar-refractivity contribution is 0.617. The fraction of sp³-hybridized carbons (Fsp3) is 0.407. The molecule has 0 radical (unpaired) electrons. The van der Waals surface area contributed by atoms with Gasteiger partial charge in [0.05, 0.1) is 23.1 Å². The Bertz CT molecular complexity index is 946. The van der Waals surface area contributed by atoms with Crippen molar-refractivity contribution in [3.05, 3.63) is 72.3 Å². The number of pyridine rings is 1. The van der Waals surface area contributed by atoms with Crippen LogP contribution in [0.15, 0.2) is 49.9 Å². The van der Waals surface area contributed by atoms with E-state index in [4.69, 9.17) is 0 Å². The van der Waals surface area contributed by atoms with Crippen molar-refractivity contribution in [3.63, 3.8) is 0 Å². The Morgan fingerprint density at radius 1 is 0.833 bits per heavy atom. The predicted molar refractivity (Wildman–Crippen MR) is 134 cm³/mol. The largest absolute Gasteiger partial charge is 0.328 e. The summed E-state index contributed by atoms with van der Waals surface area (Å²) in [6, 6.07) is 9.16. The van der Waals surface area contributed by atoms with E-state index in [2.05, 4.69) is 93.5 Å². The van der Waals surface area contributed by atoms with Crippen LogP contribution in [0.3, 0.4) is 0 Å². The van der Waals surface area contributed by atoms with E-state index in [1.807, 2.05) is 32.4 Å². The van der Waals surface area contributed by atoms with E-state index < -0.39 is 0 Å². The number of hydrogen-bond acceptors (Lipinski definition) is 2. The van der Waals surface area contributed by atoms with Crippen LogP contribution in [-0.4, -0.2) is 14.5 Å². The third kappa shape index (κ3) is 6.41. The van der Waals surface area contributed by atoms with Crippen LogP contribution in [0.2, 0.25) is 0 Å². The standard InChI is InChI=1S/C13H18N2.C12H15N.C2H6/c1-9(2)11-5-6-13-12(7-11)14-8-15(13)10(3)4;1-5-10-7-11(9(3)4)8-13-12(10)6-2;1-2/h5-10H,1-4H3;5-9H,1-2H2,3-4H3;1-2H3. The Hall–Kier alpha value is -2.68. The second-order valence-corrected chi connectivity index (χ2v) is 7.95. The quantitative estimate of drug-likeness (QED) is 0.428. The second kappa shape index (κ2) is 12.1. The molecule has 2 heterocycles. The predicted octanol–water partition coefficient (Wildman–Crippen LogP) is 8.26. The van der Waals surface area contributed by atoms with E-state index >= 15 is 0 Å². The molecule has 0 aliphatic rings. The SMILES string of the molecule is C=Cc1cc(C(C)C)cnc1C=C.CC.CC(C)c1ccc2c(c1)ncn2C(C)C. The maximum Gasteiger partial charge on any atom is 0.0960 e. The molecule has 0 fully saturated rings. The highest BCUT2D eigenvalue weighted by molar-refractivity contribution is 5.76. The minimum atomic E-state index is 0.472. The Kier molecular flexibility index (Phi) is 10.2. The van der Waals surface area contributed by atoms with Crippen molar-refractivity contribution in [2.75, 3.05) is 0 Å². The van der Waals surface area contributed by atoms with Gasteiger partial charge < -0.3 is 4.57 Å². The zero-order valence-corrected chi connectivity index (χ0v) is 20.1. The van der Waals surface area contributed by atoms with Gasteiger partial charge in [-0.1, -0.05) is 66.8 Å². The van der Waals surface area contributed by atoms with Crippen molar-refractivity contribution in [1.82, 2.24) is 14.5 Å². The number of fused-ring (bicyclic) bond motifs is 1. The van der Waals surface area contributed by atoms with Crippen molar-refractivity contribution in [1.29, 1.82) is 0 Å². The van der Waals surface area contributed by atoms with Crippen molar-refractivity contribution in [3.8, 4) is 0 Å². The first kappa shape index (κ1) is 25.4. The van der Waals surface area contributed by atoms with Crippen LogP contribution in [0.1, 0.15) is 95.7 Å². The zero-order chi connectivity index (χ0) is 22.8. The summed E-state index contributed by atoms with van der Waals surface area (Å²) < 4.78 is 2.21. The fourth-order valence-corrected chi connectivity index (χ4v) is 2.98. The summed E-state index contributed by atoms with van der Waals surface area (Å²) in [5, 5.41) is 0. The molecule has 0 saturated heterocycles. The zero-order valence-electron chi connectivity index (χ0n) is 20.1. The monoisotopic (exact) mass is 405 g/mol. The Morgan fingerprint density at radius 3 is 1.97 bits per heavy atom. The molecule has 0 atom stereocenters. The van der Waals surface area contributed by atoms with Crippen LogP contribution in [0.25, 0.3) is 23.2 Å². The van der Waals surface area contributed by atoms with Gasteiger partial charge >= 0.3 is 0 Å². The molecule has 2 aromatic heterocycles. The van der Waals surface area contributed by atoms with Crippen LogP contribution < -0.4 is 0 Å². The molecule has 0 unspecified atom stereocenters. The number of nitrogens with zero attached hydrogens (tertiary/aromatic N) is 3. The van der Waals surface area contributed by atoms with Crippen molar-refractivity contribution in [2.24, 2.45) is 0 Å². The van der Waals surface area contributed by atoms with Crippen molar-refractivity contribution >= 4 is 23.2 Å².